The highest BCUT2D eigenvalue weighted by atomic mass is 35.5. The van der Waals surface area contributed by atoms with E-state index < -0.39 is 0 Å². The molecule has 2 unspecified atom stereocenters. The van der Waals surface area contributed by atoms with Crippen LogP contribution in [0.3, 0.4) is 0 Å². The zero-order chi connectivity index (χ0) is 14.0. The third-order valence-electron chi connectivity index (χ3n) is 4.17. The molecule has 1 aromatic rings. The van der Waals surface area contributed by atoms with Crippen molar-refractivity contribution in [3.63, 3.8) is 0 Å². The summed E-state index contributed by atoms with van der Waals surface area (Å²) < 4.78 is 0. The Morgan fingerprint density at radius 2 is 2.16 bits per heavy atom. The fourth-order valence-electron chi connectivity index (χ4n) is 3.03. The van der Waals surface area contributed by atoms with Crippen molar-refractivity contribution in [2.45, 2.75) is 45.7 Å². The van der Waals surface area contributed by atoms with Crippen LogP contribution in [0.5, 0.6) is 0 Å². The fraction of sp³-hybridized carbons (Fsp3) is 0.625. The summed E-state index contributed by atoms with van der Waals surface area (Å²) in [7, 11) is 0. The van der Waals surface area contributed by atoms with Crippen LogP contribution in [0.2, 0.25) is 5.02 Å². The standard InChI is InChI=1S/C16H25ClN2/c1-4-14(18)15(12-6-5-7-13(17)10-12)19-9-8-16(2,3)11-19/h5-7,10,14-15H,4,8-9,11,18H2,1-3H3. The largest absolute Gasteiger partial charge is 0.326 e. The van der Waals surface area contributed by atoms with E-state index in [4.69, 9.17) is 17.3 Å². The van der Waals surface area contributed by atoms with Crippen molar-refractivity contribution >= 4 is 11.6 Å². The van der Waals surface area contributed by atoms with Crippen LogP contribution in [0, 0.1) is 5.41 Å². The molecule has 2 N–H and O–H groups in total. The van der Waals surface area contributed by atoms with Gasteiger partial charge in [-0.1, -0.05) is 44.5 Å². The Balaban J connectivity index is 2.27. The van der Waals surface area contributed by atoms with Crippen LogP contribution in [0.4, 0.5) is 0 Å². The van der Waals surface area contributed by atoms with Crippen molar-refractivity contribution < 1.29 is 0 Å². The molecular formula is C16H25ClN2. The molecule has 2 nitrogen and oxygen atoms in total. The van der Waals surface area contributed by atoms with Crippen molar-refractivity contribution in [2.24, 2.45) is 11.1 Å². The lowest BCUT2D eigenvalue weighted by atomic mass is 9.92. The normalized spacial score (nSPS) is 22.4. The minimum atomic E-state index is 0.160. The van der Waals surface area contributed by atoms with E-state index in [0.29, 0.717) is 5.41 Å². The summed E-state index contributed by atoms with van der Waals surface area (Å²) in [6.45, 7) is 9.05. The molecule has 1 aliphatic heterocycles. The van der Waals surface area contributed by atoms with Crippen LogP contribution in [0.1, 0.15) is 45.2 Å². The van der Waals surface area contributed by atoms with E-state index in [0.717, 1.165) is 24.5 Å². The predicted molar refractivity (Wildman–Crippen MR) is 82.4 cm³/mol. The number of nitrogens with zero attached hydrogens (tertiary/aromatic N) is 1. The van der Waals surface area contributed by atoms with E-state index in [-0.39, 0.29) is 12.1 Å². The number of hydrogen-bond acceptors (Lipinski definition) is 2. The van der Waals surface area contributed by atoms with E-state index in [1.54, 1.807) is 0 Å². The first-order valence-electron chi connectivity index (χ1n) is 7.18. The summed E-state index contributed by atoms with van der Waals surface area (Å²) in [6, 6.07) is 8.60. The van der Waals surface area contributed by atoms with Gasteiger partial charge in [0.05, 0.1) is 0 Å². The van der Waals surface area contributed by atoms with E-state index in [2.05, 4.69) is 37.8 Å². The Kier molecular flexibility index (Phi) is 4.54. The third kappa shape index (κ3) is 3.50. The molecule has 0 aromatic heterocycles. The number of likely N-dealkylation sites (tertiary alicyclic amines) is 1. The lowest BCUT2D eigenvalue weighted by Crippen LogP contribution is -2.40. The molecule has 0 aliphatic carbocycles. The fourth-order valence-corrected chi connectivity index (χ4v) is 3.23. The summed E-state index contributed by atoms with van der Waals surface area (Å²) >= 11 is 6.14. The first kappa shape index (κ1) is 14.8. The van der Waals surface area contributed by atoms with E-state index >= 15 is 0 Å². The maximum atomic E-state index is 6.38. The Morgan fingerprint density at radius 1 is 1.42 bits per heavy atom. The number of halogens is 1. The molecule has 0 spiro atoms. The molecule has 1 heterocycles. The molecule has 0 bridgehead atoms. The predicted octanol–water partition coefficient (Wildman–Crippen LogP) is 3.85. The average molecular weight is 281 g/mol. The van der Waals surface area contributed by atoms with Crippen molar-refractivity contribution in [1.82, 2.24) is 4.90 Å². The maximum Gasteiger partial charge on any atom is 0.0499 e. The number of benzene rings is 1. The van der Waals surface area contributed by atoms with Crippen molar-refractivity contribution in [2.75, 3.05) is 13.1 Å². The highest BCUT2D eigenvalue weighted by Gasteiger charge is 2.35. The molecule has 0 amide bonds. The minimum Gasteiger partial charge on any atom is -0.326 e. The Bertz CT molecular complexity index is 431. The lowest BCUT2D eigenvalue weighted by Gasteiger charge is -2.33. The molecule has 1 aromatic carbocycles. The lowest BCUT2D eigenvalue weighted by molar-refractivity contribution is 0.189. The smallest absolute Gasteiger partial charge is 0.0499 e. The molecule has 1 saturated heterocycles. The Labute approximate surface area is 121 Å². The van der Waals surface area contributed by atoms with Crippen molar-refractivity contribution in [1.29, 1.82) is 0 Å². The quantitative estimate of drug-likeness (QED) is 0.908. The van der Waals surface area contributed by atoms with Gasteiger partial charge in [-0.05, 0) is 42.5 Å². The first-order valence-corrected chi connectivity index (χ1v) is 7.56. The summed E-state index contributed by atoms with van der Waals surface area (Å²) in [6.07, 6.45) is 2.22. The molecule has 19 heavy (non-hydrogen) atoms. The van der Waals surface area contributed by atoms with Crippen molar-refractivity contribution in [3.05, 3.63) is 34.9 Å². The molecule has 0 radical (unpaired) electrons. The van der Waals surface area contributed by atoms with E-state index in [1.807, 2.05) is 12.1 Å². The van der Waals surface area contributed by atoms with Gasteiger partial charge in [0.1, 0.15) is 0 Å². The summed E-state index contributed by atoms with van der Waals surface area (Å²) in [5.74, 6) is 0. The van der Waals surface area contributed by atoms with Gasteiger partial charge in [-0.2, -0.15) is 0 Å². The molecule has 0 saturated carbocycles. The van der Waals surface area contributed by atoms with Gasteiger partial charge >= 0.3 is 0 Å². The summed E-state index contributed by atoms with van der Waals surface area (Å²) in [5, 5.41) is 0.796. The SMILES string of the molecule is CCC(N)C(c1cccc(Cl)c1)N1CCC(C)(C)C1. The number of nitrogens with two attached hydrogens (primary N) is 1. The van der Waals surface area contributed by atoms with Crippen LogP contribution < -0.4 is 5.73 Å². The molecule has 106 valence electrons. The average Bonchev–Trinajstić information content (AvgIpc) is 2.69. The van der Waals surface area contributed by atoms with Crippen molar-refractivity contribution in [3.8, 4) is 0 Å². The van der Waals surface area contributed by atoms with Crippen LogP contribution in [-0.2, 0) is 0 Å². The molecule has 1 fully saturated rings. The highest BCUT2D eigenvalue weighted by molar-refractivity contribution is 6.30. The molecule has 2 rings (SSSR count). The van der Waals surface area contributed by atoms with Gasteiger partial charge < -0.3 is 5.73 Å². The Hall–Kier alpha value is -0.570. The molecular weight excluding hydrogens is 256 g/mol. The van der Waals surface area contributed by atoms with Gasteiger partial charge in [0.2, 0.25) is 0 Å². The van der Waals surface area contributed by atoms with E-state index in [9.17, 15) is 0 Å². The number of hydrogen-bond donors (Lipinski definition) is 1. The van der Waals surface area contributed by atoms with Crippen LogP contribution in [0.15, 0.2) is 24.3 Å². The second-order valence-corrected chi connectivity index (χ2v) is 6.89. The third-order valence-corrected chi connectivity index (χ3v) is 4.40. The van der Waals surface area contributed by atoms with Gasteiger partial charge in [-0.15, -0.1) is 0 Å². The van der Waals surface area contributed by atoms with Crippen LogP contribution in [0.25, 0.3) is 0 Å². The highest BCUT2D eigenvalue weighted by Crippen LogP contribution is 2.36. The molecule has 1 aliphatic rings. The van der Waals surface area contributed by atoms with E-state index in [1.165, 1.54) is 12.0 Å². The maximum absolute atomic E-state index is 6.38. The minimum absolute atomic E-state index is 0.160. The molecule has 3 heteroatoms. The Morgan fingerprint density at radius 3 is 2.68 bits per heavy atom. The van der Waals surface area contributed by atoms with Gasteiger partial charge in [0, 0.05) is 23.7 Å². The summed E-state index contributed by atoms with van der Waals surface area (Å²) in [5.41, 5.74) is 8.03. The van der Waals surface area contributed by atoms with Gasteiger partial charge in [-0.3, -0.25) is 4.90 Å². The van der Waals surface area contributed by atoms with Gasteiger partial charge in [0.15, 0.2) is 0 Å². The summed E-state index contributed by atoms with van der Waals surface area (Å²) in [4.78, 5) is 2.53. The second kappa shape index (κ2) is 5.82. The first-order chi connectivity index (χ1) is 8.93. The monoisotopic (exact) mass is 280 g/mol. The zero-order valence-electron chi connectivity index (χ0n) is 12.2. The van der Waals surface area contributed by atoms with Gasteiger partial charge in [0.25, 0.3) is 0 Å². The van der Waals surface area contributed by atoms with Crippen LogP contribution >= 0.6 is 11.6 Å². The second-order valence-electron chi connectivity index (χ2n) is 6.46. The molecule has 2 atom stereocenters. The zero-order valence-corrected chi connectivity index (χ0v) is 13.0. The topological polar surface area (TPSA) is 29.3 Å². The van der Waals surface area contributed by atoms with Crippen LogP contribution in [-0.4, -0.2) is 24.0 Å². The number of rotatable bonds is 4. The van der Waals surface area contributed by atoms with Gasteiger partial charge in [-0.25, -0.2) is 0 Å².